The third-order valence-electron chi connectivity index (χ3n) is 7.08. The highest BCUT2D eigenvalue weighted by Gasteiger charge is 2.28. The number of nitrogens with one attached hydrogen (secondary N) is 1. The summed E-state index contributed by atoms with van der Waals surface area (Å²) < 4.78 is 3.39. The van der Waals surface area contributed by atoms with E-state index in [2.05, 4.69) is 0 Å². The van der Waals surface area contributed by atoms with Gasteiger partial charge in [-0.05, 0) is 47.9 Å². The minimum absolute atomic E-state index is 0. The number of ketones is 2. The lowest BCUT2D eigenvalue weighted by atomic mass is 9.78. The van der Waals surface area contributed by atoms with Crippen molar-refractivity contribution in [3.05, 3.63) is 58.7 Å². The number of carbonyl (C=O) groups is 2. The molecule has 0 aliphatic rings. The number of Topliss-reactive ketones (excluding diaryl/α,β-unsaturated/α-hetero) is 2. The summed E-state index contributed by atoms with van der Waals surface area (Å²) in [5.74, 6) is 0.163. The number of aromatic hydroxyl groups is 1. The van der Waals surface area contributed by atoms with Crippen LogP contribution in [0.15, 0.2) is 36.4 Å². The molecule has 0 fully saturated rings. The van der Waals surface area contributed by atoms with Gasteiger partial charge in [-0.3, -0.25) is 15.0 Å². The molecule has 1 heterocycles. The van der Waals surface area contributed by atoms with E-state index < -0.39 is 0 Å². The van der Waals surface area contributed by atoms with E-state index in [0.717, 1.165) is 35.0 Å². The fourth-order valence-electron chi connectivity index (χ4n) is 4.82. The van der Waals surface area contributed by atoms with E-state index in [1.54, 1.807) is 21.3 Å². The summed E-state index contributed by atoms with van der Waals surface area (Å²) in [5.41, 5.74) is 2.93. The van der Waals surface area contributed by atoms with Gasteiger partial charge in [-0.15, -0.1) is 17.0 Å². The molecule has 2 aromatic carbocycles. The molecule has 0 aliphatic carbocycles. The average Bonchev–Trinajstić information content (AvgIpc) is 3.04. The van der Waals surface area contributed by atoms with Crippen LogP contribution in [0.3, 0.4) is 0 Å². The molecular weight excluding hydrogens is 530 g/mol. The highest BCUT2D eigenvalue weighted by Crippen LogP contribution is 2.40. The topological polar surface area (TPSA) is 88.1 Å². The Balaban J connectivity index is 0.00000481. The number of phenolic OH excluding ortho intramolecular Hbond substituents is 1. The van der Waals surface area contributed by atoms with E-state index in [1.165, 1.54) is 0 Å². The molecule has 0 saturated heterocycles. The van der Waals surface area contributed by atoms with Crippen molar-refractivity contribution >= 4 is 39.6 Å². The molecular formula is C30H42BrN3O3. The van der Waals surface area contributed by atoms with E-state index in [9.17, 15) is 14.7 Å². The Morgan fingerprint density at radius 2 is 1.30 bits per heavy atom. The van der Waals surface area contributed by atoms with Crippen molar-refractivity contribution in [2.75, 3.05) is 0 Å². The Kier molecular flexibility index (Phi) is 9.40. The molecule has 0 saturated carbocycles. The highest BCUT2D eigenvalue weighted by atomic mass is 79.9. The predicted octanol–water partition coefficient (Wildman–Crippen LogP) is 6.69. The van der Waals surface area contributed by atoms with Crippen LogP contribution < -0.4 is 5.62 Å². The Bertz CT molecular complexity index is 1310. The smallest absolute Gasteiger partial charge is 0.203 e. The summed E-state index contributed by atoms with van der Waals surface area (Å²) in [7, 11) is 0. The zero-order chi connectivity index (χ0) is 27.0. The predicted molar refractivity (Wildman–Crippen MR) is 155 cm³/mol. The van der Waals surface area contributed by atoms with Crippen LogP contribution in [-0.4, -0.2) is 25.8 Å². The molecule has 0 amide bonds. The minimum Gasteiger partial charge on any atom is -0.507 e. The van der Waals surface area contributed by atoms with Crippen molar-refractivity contribution in [2.24, 2.45) is 5.92 Å². The molecule has 3 rings (SSSR count). The highest BCUT2D eigenvalue weighted by molar-refractivity contribution is 8.93. The van der Waals surface area contributed by atoms with E-state index in [-0.39, 0.29) is 69.8 Å². The second-order valence-electron chi connectivity index (χ2n) is 11.8. The number of phenols is 1. The van der Waals surface area contributed by atoms with Crippen molar-refractivity contribution < 1.29 is 14.7 Å². The number of nitrogens with zero attached hydrogens (tertiary/aromatic N) is 2. The van der Waals surface area contributed by atoms with Crippen LogP contribution in [-0.2, 0) is 28.7 Å². The van der Waals surface area contributed by atoms with Gasteiger partial charge < -0.3 is 14.2 Å². The largest absolute Gasteiger partial charge is 0.507 e. The number of aromatic nitrogens is 2. The number of benzene rings is 2. The number of fused-ring (bicyclic) bond motifs is 1. The molecule has 1 aromatic heterocycles. The number of imidazole rings is 1. The second-order valence-corrected chi connectivity index (χ2v) is 11.8. The monoisotopic (exact) mass is 571 g/mol. The molecule has 0 bridgehead atoms. The zero-order valence-corrected chi connectivity index (χ0v) is 25.1. The molecule has 7 heteroatoms. The summed E-state index contributed by atoms with van der Waals surface area (Å²) in [6.45, 7) is 16.2. The van der Waals surface area contributed by atoms with Gasteiger partial charge in [0.1, 0.15) is 5.75 Å². The third kappa shape index (κ3) is 6.25. The number of carbonyl (C=O) groups excluding carboxylic acids is 2. The number of hydrogen-bond donors (Lipinski definition) is 2. The Labute approximate surface area is 231 Å². The van der Waals surface area contributed by atoms with Crippen LogP contribution in [0, 0.1) is 11.3 Å². The van der Waals surface area contributed by atoms with Crippen molar-refractivity contribution in [3.8, 4) is 5.75 Å². The average molecular weight is 573 g/mol. The molecule has 3 aromatic rings. The number of halogens is 1. The summed E-state index contributed by atoms with van der Waals surface area (Å²) >= 11 is 0. The normalized spacial score (nSPS) is 12.1. The van der Waals surface area contributed by atoms with Crippen molar-refractivity contribution in [3.63, 3.8) is 0 Å². The summed E-state index contributed by atoms with van der Waals surface area (Å²) in [4.78, 5) is 26.6. The van der Waals surface area contributed by atoms with Crippen LogP contribution in [0.5, 0.6) is 5.75 Å². The SMILES string of the molecule is Br.CCC(CC)C(=O)Cn1c(=N)n(CC(=O)c2cc(C(C)(C)C)c(O)c(C(C)(C)C)c2)c2ccccc21. The molecule has 0 atom stereocenters. The summed E-state index contributed by atoms with van der Waals surface area (Å²) in [6, 6.07) is 11.1. The van der Waals surface area contributed by atoms with E-state index in [4.69, 9.17) is 5.41 Å². The Hall–Kier alpha value is -2.67. The summed E-state index contributed by atoms with van der Waals surface area (Å²) in [6.07, 6.45) is 1.54. The first-order chi connectivity index (χ1) is 16.7. The fourth-order valence-corrected chi connectivity index (χ4v) is 4.82. The van der Waals surface area contributed by atoms with Crippen LogP contribution in [0.4, 0.5) is 0 Å². The molecule has 202 valence electrons. The number of rotatable bonds is 8. The van der Waals surface area contributed by atoms with Gasteiger partial charge in [-0.2, -0.15) is 0 Å². The molecule has 0 unspecified atom stereocenters. The molecule has 0 aliphatic heterocycles. The number of hydrogen-bond acceptors (Lipinski definition) is 4. The molecule has 2 N–H and O–H groups in total. The molecule has 0 radical (unpaired) electrons. The zero-order valence-electron chi connectivity index (χ0n) is 23.4. The van der Waals surface area contributed by atoms with Gasteiger partial charge >= 0.3 is 0 Å². The maximum atomic E-state index is 13.6. The van der Waals surface area contributed by atoms with Gasteiger partial charge in [0.2, 0.25) is 5.62 Å². The van der Waals surface area contributed by atoms with E-state index in [1.807, 2.05) is 79.7 Å². The van der Waals surface area contributed by atoms with Crippen LogP contribution >= 0.6 is 17.0 Å². The Morgan fingerprint density at radius 3 is 1.70 bits per heavy atom. The van der Waals surface area contributed by atoms with Gasteiger partial charge in [0, 0.05) is 22.6 Å². The maximum absolute atomic E-state index is 13.6. The number of para-hydroxylation sites is 2. The lowest BCUT2D eigenvalue weighted by Gasteiger charge is -2.28. The van der Waals surface area contributed by atoms with Crippen molar-refractivity contribution in [2.45, 2.75) is 92.2 Å². The lowest BCUT2D eigenvalue weighted by molar-refractivity contribution is -0.123. The maximum Gasteiger partial charge on any atom is 0.203 e. The first kappa shape index (κ1) is 30.6. The third-order valence-corrected chi connectivity index (χ3v) is 7.08. The quantitative estimate of drug-likeness (QED) is 0.295. The molecule has 6 nitrogen and oxygen atoms in total. The standard InChI is InChI=1S/C30H41N3O3.BrH/c1-9-19(10-2)25(34)17-32-23-13-11-12-14-24(23)33(28(32)31)18-26(35)20-15-21(29(3,4)5)27(36)22(16-20)30(6,7)8;/h11-16,19,31,36H,9-10,17-18H2,1-8H3;1H. The lowest BCUT2D eigenvalue weighted by Crippen LogP contribution is -2.31. The van der Waals surface area contributed by atoms with E-state index in [0.29, 0.717) is 5.56 Å². The summed E-state index contributed by atoms with van der Waals surface area (Å²) in [5, 5.41) is 19.9. The van der Waals surface area contributed by atoms with Gasteiger partial charge in [0.15, 0.2) is 11.6 Å². The molecule has 0 spiro atoms. The van der Waals surface area contributed by atoms with Gasteiger partial charge in [-0.1, -0.05) is 67.5 Å². The molecule has 37 heavy (non-hydrogen) atoms. The van der Waals surface area contributed by atoms with Crippen molar-refractivity contribution in [1.29, 1.82) is 5.41 Å². The van der Waals surface area contributed by atoms with Crippen LogP contribution in [0.1, 0.15) is 89.7 Å². The van der Waals surface area contributed by atoms with Crippen molar-refractivity contribution in [1.82, 2.24) is 9.13 Å². The van der Waals surface area contributed by atoms with Gasteiger partial charge in [0.05, 0.1) is 24.1 Å². The minimum atomic E-state index is -0.348. The van der Waals surface area contributed by atoms with Gasteiger partial charge in [0.25, 0.3) is 0 Å². The van der Waals surface area contributed by atoms with Crippen LogP contribution in [0.2, 0.25) is 0 Å². The fraction of sp³-hybridized carbons (Fsp3) is 0.500. The first-order valence-electron chi connectivity index (χ1n) is 12.9. The second kappa shape index (κ2) is 11.4. The van der Waals surface area contributed by atoms with E-state index >= 15 is 0 Å². The van der Waals surface area contributed by atoms with Gasteiger partial charge in [-0.25, -0.2) is 0 Å². The first-order valence-corrected chi connectivity index (χ1v) is 12.9. The Morgan fingerprint density at radius 1 is 0.865 bits per heavy atom. The van der Waals surface area contributed by atoms with Crippen LogP contribution in [0.25, 0.3) is 11.0 Å².